The van der Waals surface area contributed by atoms with Gasteiger partial charge in [0.2, 0.25) is 0 Å². The maximum absolute atomic E-state index is 13.2. The van der Waals surface area contributed by atoms with E-state index in [2.05, 4.69) is 9.97 Å². The van der Waals surface area contributed by atoms with E-state index in [0.717, 1.165) is 32.9 Å². The van der Waals surface area contributed by atoms with Crippen LogP contribution in [0.1, 0.15) is 34.6 Å². The van der Waals surface area contributed by atoms with Crippen molar-refractivity contribution < 1.29 is 19.1 Å². The zero-order valence-electron chi connectivity index (χ0n) is 19.0. The molecule has 0 unspecified atom stereocenters. The summed E-state index contributed by atoms with van der Waals surface area (Å²) in [6.45, 7) is 4.04. The third kappa shape index (κ3) is 3.63. The second-order valence-corrected chi connectivity index (χ2v) is 7.87. The number of hydrogen-bond acceptors (Lipinski definition) is 4. The Bertz CT molecular complexity index is 1410. The summed E-state index contributed by atoms with van der Waals surface area (Å²) in [6.07, 6.45) is 3.71. The van der Waals surface area contributed by atoms with Crippen LogP contribution < -0.4 is 0 Å². The molecule has 2 aromatic heterocycles. The molecule has 2 heterocycles. The van der Waals surface area contributed by atoms with E-state index in [0.29, 0.717) is 22.3 Å². The molecule has 0 atom stereocenters. The third-order valence-corrected chi connectivity index (χ3v) is 5.92. The highest BCUT2D eigenvalue weighted by atomic mass is 16.5. The summed E-state index contributed by atoms with van der Waals surface area (Å²) in [7, 11) is 0. The van der Waals surface area contributed by atoms with Gasteiger partial charge >= 0.3 is 11.9 Å². The molecule has 0 aliphatic heterocycles. The van der Waals surface area contributed by atoms with Crippen LogP contribution in [0.3, 0.4) is 0 Å². The molecule has 5 rings (SSSR count). The van der Waals surface area contributed by atoms with Crippen LogP contribution in [0, 0.1) is 0 Å². The average molecular weight is 453 g/mol. The van der Waals surface area contributed by atoms with Crippen LogP contribution in [0.2, 0.25) is 0 Å². The summed E-state index contributed by atoms with van der Waals surface area (Å²) in [5.74, 6) is -0.883. The van der Waals surface area contributed by atoms with Crippen LogP contribution in [-0.4, -0.2) is 35.1 Å². The summed E-state index contributed by atoms with van der Waals surface area (Å²) >= 11 is 0. The summed E-state index contributed by atoms with van der Waals surface area (Å²) in [5, 5.41) is 1.90. The largest absolute Gasteiger partial charge is 0.462 e. The van der Waals surface area contributed by atoms with Crippen molar-refractivity contribution in [2.75, 3.05) is 13.2 Å². The standard InChI is InChI=1S/C28H24N2O4/c1-3-33-27(31)23-15-22(18-8-6-10-26-20(18)12-14-30-26)24(28(32)34-4-2)16-21(23)17-7-5-9-25-19(17)11-13-29-25/h5-16,29-30H,3-4H2,1-2H3. The van der Waals surface area contributed by atoms with E-state index in [9.17, 15) is 9.59 Å². The number of aromatic amines is 2. The Hall–Kier alpha value is -4.32. The molecule has 5 aromatic rings. The smallest absolute Gasteiger partial charge is 0.338 e. The van der Waals surface area contributed by atoms with Crippen LogP contribution in [0.5, 0.6) is 0 Å². The number of aromatic nitrogens is 2. The highest BCUT2D eigenvalue weighted by Gasteiger charge is 2.24. The highest BCUT2D eigenvalue weighted by molar-refractivity contribution is 6.10. The number of esters is 2. The minimum absolute atomic E-state index is 0.245. The highest BCUT2D eigenvalue weighted by Crippen LogP contribution is 2.38. The van der Waals surface area contributed by atoms with Gasteiger partial charge in [-0.3, -0.25) is 0 Å². The average Bonchev–Trinajstić information content (AvgIpc) is 3.53. The first-order chi connectivity index (χ1) is 16.6. The minimum atomic E-state index is -0.442. The van der Waals surface area contributed by atoms with Crippen molar-refractivity contribution in [2.45, 2.75) is 13.8 Å². The molecule has 3 aromatic carbocycles. The van der Waals surface area contributed by atoms with E-state index in [1.165, 1.54) is 0 Å². The maximum atomic E-state index is 13.2. The van der Waals surface area contributed by atoms with E-state index < -0.39 is 11.9 Å². The lowest BCUT2D eigenvalue weighted by molar-refractivity contribution is 0.0513. The Morgan fingerprint density at radius 2 is 1.09 bits per heavy atom. The van der Waals surface area contributed by atoms with Crippen molar-refractivity contribution in [1.82, 2.24) is 9.97 Å². The number of ether oxygens (including phenoxy) is 2. The van der Waals surface area contributed by atoms with Crippen molar-refractivity contribution in [2.24, 2.45) is 0 Å². The Balaban J connectivity index is 1.85. The predicted octanol–water partition coefficient (Wildman–Crippen LogP) is 6.34. The molecule has 6 heteroatoms. The fraction of sp³-hybridized carbons (Fsp3) is 0.143. The number of nitrogens with one attached hydrogen (secondary N) is 2. The van der Waals surface area contributed by atoms with E-state index in [-0.39, 0.29) is 13.2 Å². The lowest BCUT2D eigenvalue weighted by Crippen LogP contribution is -2.12. The number of rotatable bonds is 6. The maximum Gasteiger partial charge on any atom is 0.338 e. The first kappa shape index (κ1) is 21.5. The summed E-state index contributed by atoms with van der Waals surface area (Å²) in [6, 6.07) is 19.1. The van der Waals surface area contributed by atoms with Gasteiger partial charge in [0.15, 0.2) is 0 Å². The summed E-state index contributed by atoms with van der Waals surface area (Å²) in [4.78, 5) is 32.7. The number of carbonyl (C=O) groups excluding carboxylic acids is 2. The zero-order valence-corrected chi connectivity index (χ0v) is 19.0. The van der Waals surface area contributed by atoms with Gasteiger partial charge in [0.05, 0.1) is 24.3 Å². The van der Waals surface area contributed by atoms with E-state index in [1.54, 1.807) is 26.0 Å². The molecule has 0 amide bonds. The topological polar surface area (TPSA) is 84.2 Å². The van der Waals surface area contributed by atoms with Gasteiger partial charge in [0.25, 0.3) is 0 Å². The molecule has 170 valence electrons. The summed E-state index contributed by atoms with van der Waals surface area (Å²) in [5.41, 5.74) is 5.57. The predicted molar refractivity (Wildman–Crippen MR) is 133 cm³/mol. The van der Waals surface area contributed by atoms with Gasteiger partial charge in [0.1, 0.15) is 0 Å². The molecule has 0 aliphatic carbocycles. The van der Waals surface area contributed by atoms with Crippen LogP contribution in [0.15, 0.2) is 73.1 Å². The van der Waals surface area contributed by atoms with Gasteiger partial charge in [-0.2, -0.15) is 0 Å². The molecule has 0 fully saturated rings. The quantitative estimate of drug-likeness (QED) is 0.295. The fourth-order valence-corrected chi connectivity index (χ4v) is 4.44. The van der Waals surface area contributed by atoms with Crippen molar-refractivity contribution in [3.8, 4) is 22.3 Å². The molecule has 0 bridgehead atoms. The van der Waals surface area contributed by atoms with Crippen LogP contribution in [0.25, 0.3) is 44.1 Å². The van der Waals surface area contributed by atoms with E-state index in [1.807, 2.05) is 60.9 Å². The van der Waals surface area contributed by atoms with Crippen molar-refractivity contribution in [3.63, 3.8) is 0 Å². The number of hydrogen-bond donors (Lipinski definition) is 2. The lowest BCUT2D eigenvalue weighted by atomic mass is 9.88. The van der Waals surface area contributed by atoms with Gasteiger partial charge in [-0.15, -0.1) is 0 Å². The van der Waals surface area contributed by atoms with Crippen molar-refractivity contribution >= 4 is 33.7 Å². The van der Waals surface area contributed by atoms with Gasteiger partial charge in [-0.05, 0) is 72.5 Å². The number of fused-ring (bicyclic) bond motifs is 2. The van der Waals surface area contributed by atoms with Crippen molar-refractivity contribution in [1.29, 1.82) is 0 Å². The molecule has 0 saturated carbocycles. The van der Waals surface area contributed by atoms with Gasteiger partial charge in [-0.25, -0.2) is 9.59 Å². The molecular weight excluding hydrogens is 428 g/mol. The molecule has 0 radical (unpaired) electrons. The van der Waals surface area contributed by atoms with Crippen molar-refractivity contribution in [3.05, 3.63) is 84.2 Å². The molecule has 34 heavy (non-hydrogen) atoms. The lowest BCUT2D eigenvalue weighted by Gasteiger charge is -2.17. The third-order valence-electron chi connectivity index (χ3n) is 5.92. The first-order valence-corrected chi connectivity index (χ1v) is 11.3. The number of benzene rings is 3. The Morgan fingerprint density at radius 3 is 1.50 bits per heavy atom. The molecule has 0 aliphatic rings. The molecule has 6 nitrogen and oxygen atoms in total. The van der Waals surface area contributed by atoms with Gasteiger partial charge in [0, 0.05) is 34.2 Å². The minimum Gasteiger partial charge on any atom is -0.462 e. The van der Waals surface area contributed by atoms with E-state index >= 15 is 0 Å². The zero-order chi connectivity index (χ0) is 23.7. The molecule has 0 spiro atoms. The van der Waals surface area contributed by atoms with E-state index in [4.69, 9.17) is 9.47 Å². The normalized spacial score (nSPS) is 11.1. The fourth-order valence-electron chi connectivity index (χ4n) is 4.44. The Morgan fingerprint density at radius 1 is 0.647 bits per heavy atom. The molecule has 2 N–H and O–H groups in total. The number of H-pyrrole nitrogens is 2. The van der Waals surface area contributed by atoms with Crippen LogP contribution in [0.4, 0.5) is 0 Å². The monoisotopic (exact) mass is 452 g/mol. The molecule has 0 saturated heterocycles. The van der Waals surface area contributed by atoms with Gasteiger partial charge < -0.3 is 19.4 Å². The van der Waals surface area contributed by atoms with Crippen LogP contribution >= 0.6 is 0 Å². The second kappa shape index (κ2) is 8.90. The van der Waals surface area contributed by atoms with Gasteiger partial charge in [-0.1, -0.05) is 24.3 Å². The van der Waals surface area contributed by atoms with Crippen LogP contribution in [-0.2, 0) is 9.47 Å². The number of carbonyl (C=O) groups is 2. The second-order valence-electron chi connectivity index (χ2n) is 7.87. The Kier molecular flexibility index (Phi) is 5.64. The molecular formula is C28H24N2O4. The SMILES string of the molecule is CCOC(=O)c1cc(-c2cccc3[nH]ccc23)c(C(=O)OCC)cc1-c1cccc2[nH]ccc12. The summed E-state index contributed by atoms with van der Waals surface area (Å²) < 4.78 is 10.9. The first-order valence-electron chi connectivity index (χ1n) is 11.3. The Labute approximate surface area is 196 Å².